The molecule has 0 aliphatic carbocycles. The maximum Gasteiger partial charge on any atom is 0.323 e. The number of hydrogen-bond donors (Lipinski definition) is 2. The van der Waals surface area contributed by atoms with E-state index in [2.05, 4.69) is 25.9 Å². The Labute approximate surface area is 173 Å². The fourth-order valence-corrected chi connectivity index (χ4v) is 2.79. The summed E-state index contributed by atoms with van der Waals surface area (Å²) in [7, 11) is 0. The fraction of sp³-hybridized carbons (Fsp3) is 0.0909. The molecule has 0 aliphatic rings. The lowest BCUT2D eigenvalue weighted by Crippen LogP contribution is -2.20. The number of aromatic nitrogens is 4. The minimum absolute atomic E-state index is 0.308. The number of carbonyl (C=O) groups is 1. The normalized spacial score (nSPS) is 10.5. The molecule has 30 heavy (non-hydrogen) atoms. The lowest BCUT2D eigenvalue weighted by molar-refractivity contribution is 0.262. The second-order valence-electron chi connectivity index (χ2n) is 6.63. The summed E-state index contributed by atoms with van der Waals surface area (Å²) in [6.07, 6.45) is 3.46. The van der Waals surface area contributed by atoms with Gasteiger partial charge in [-0.1, -0.05) is 12.1 Å². The molecule has 2 amide bonds. The highest BCUT2D eigenvalue weighted by Crippen LogP contribution is 2.22. The number of anilines is 2. The first-order valence-corrected chi connectivity index (χ1v) is 9.34. The van der Waals surface area contributed by atoms with Gasteiger partial charge in [-0.25, -0.2) is 9.48 Å². The molecule has 0 saturated heterocycles. The van der Waals surface area contributed by atoms with E-state index in [9.17, 15) is 4.79 Å². The topological polar surface area (TPSA) is 94.0 Å². The van der Waals surface area contributed by atoms with Gasteiger partial charge in [0.1, 0.15) is 5.75 Å². The van der Waals surface area contributed by atoms with E-state index >= 15 is 0 Å². The molecule has 0 fully saturated rings. The number of amides is 2. The third-order valence-electron chi connectivity index (χ3n) is 4.55. The summed E-state index contributed by atoms with van der Waals surface area (Å²) in [5.41, 5.74) is 3.58. The van der Waals surface area contributed by atoms with Gasteiger partial charge in [0, 0.05) is 29.8 Å². The fourth-order valence-electron chi connectivity index (χ4n) is 2.79. The molecule has 0 unspecified atom stereocenters. The van der Waals surface area contributed by atoms with Crippen LogP contribution in [-0.4, -0.2) is 26.0 Å². The van der Waals surface area contributed by atoms with Crippen LogP contribution < -0.4 is 15.4 Å². The maximum absolute atomic E-state index is 12.3. The van der Waals surface area contributed by atoms with Crippen molar-refractivity contribution in [2.24, 2.45) is 0 Å². The van der Waals surface area contributed by atoms with Crippen LogP contribution in [0.3, 0.4) is 0 Å². The number of urea groups is 1. The third-order valence-corrected chi connectivity index (χ3v) is 4.55. The third kappa shape index (κ3) is 4.44. The van der Waals surface area contributed by atoms with E-state index in [1.165, 1.54) is 0 Å². The summed E-state index contributed by atoms with van der Waals surface area (Å²) in [5.74, 6) is 1.54. The van der Waals surface area contributed by atoms with Crippen molar-refractivity contribution in [3.8, 4) is 17.4 Å². The molecule has 0 radical (unpaired) electrons. The second kappa shape index (κ2) is 8.44. The molecule has 4 rings (SSSR count). The lowest BCUT2D eigenvalue weighted by Gasteiger charge is -2.12. The van der Waals surface area contributed by atoms with Gasteiger partial charge in [0.2, 0.25) is 5.88 Å². The van der Waals surface area contributed by atoms with Crippen LogP contribution in [-0.2, 0) is 0 Å². The number of aryl methyl sites for hydroxylation is 1. The summed E-state index contributed by atoms with van der Waals surface area (Å²) in [4.78, 5) is 12.3. The molecule has 0 aliphatic heterocycles. The van der Waals surface area contributed by atoms with Crippen molar-refractivity contribution < 1.29 is 9.53 Å². The molecule has 2 aromatic heterocycles. The number of carbonyl (C=O) groups excluding carboxylic acids is 1. The number of nitrogens with zero attached hydrogens (tertiary/aromatic N) is 4. The largest absolute Gasteiger partial charge is 0.438 e. The zero-order valence-corrected chi connectivity index (χ0v) is 16.5. The van der Waals surface area contributed by atoms with E-state index in [0.717, 1.165) is 16.8 Å². The standard InChI is InChI=1S/C22H20N6O2/c1-15-5-3-6-19(16(15)2)25-22(29)24-17-7-9-18(10-8-17)30-21-12-11-20(26-27-21)28-14-4-13-23-28/h3-14H,1-2H3,(H2,24,25,29). The first-order chi connectivity index (χ1) is 14.6. The highest BCUT2D eigenvalue weighted by atomic mass is 16.5. The second-order valence-corrected chi connectivity index (χ2v) is 6.63. The van der Waals surface area contributed by atoms with Crippen molar-refractivity contribution in [2.75, 3.05) is 10.6 Å². The Morgan fingerprint density at radius 2 is 1.77 bits per heavy atom. The van der Waals surface area contributed by atoms with Crippen molar-refractivity contribution >= 4 is 17.4 Å². The van der Waals surface area contributed by atoms with Gasteiger partial charge < -0.3 is 15.4 Å². The van der Waals surface area contributed by atoms with Crippen molar-refractivity contribution in [2.45, 2.75) is 13.8 Å². The van der Waals surface area contributed by atoms with Gasteiger partial charge in [-0.3, -0.25) is 0 Å². The van der Waals surface area contributed by atoms with Crippen molar-refractivity contribution in [3.63, 3.8) is 0 Å². The Morgan fingerprint density at radius 1 is 0.933 bits per heavy atom. The molecular weight excluding hydrogens is 380 g/mol. The van der Waals surface area contributed by atoms with Crippen LogP contribution in [0.15, 0.2) is 73.1 Å². The predicted molar refractivity (Wildman–Crippen MR) is 114 cm³/mol. The molecule has 0 atom stereocenters. The van der Waals surface area contributed by atoms with Crippen LogP contribution >= 0.6 is 0 Å². The maximum atomic E-state index is 12.3. The lowest BCUT2D eigenvalue weighted by atomic mass is 10.1. The van der Waals surface area contributed by atoms with E-state index in [0.29, 0.717) is 23.1 Å². The predicted octanol–water partition coefficient (Wildman–Crippen LogP) is 4.72. The van der Waals surface area contributed by atoms with Crippen LogP contribution in [0.4, 0.5) is 16.2 Å². The number of benzene rings is 2. The highest BCUT2D eigenvalue weighted by Gasteiger charge is 2.07. The Morgan fingerprint density at radius 3 is 2.47 bits per heavy atom. The Kier molecular flexibility index (Phi) is 5.38. The summed E-state index contributed by atoms with van der Waals surface area (Å²) in [6.45, 7) is 3.98. The number of hydrogen-bond acceptors (Lipinski definition) is 5. The molecule has 8 heteroatoms. The van der Waals surface area contributed by atoms with Gasteiger partial charge in [0.05, 0.1) is 0 Å². The average Bonchev–Trinajstić information content (AvgIpc) is 3.28. The van der Waals surface area contributed by atoms with Crippen molar-refractivity contribution in [1.29, 1.82) is 0 Å². The Balaban J connectivity index is 1.36. The number of rotatable bonds is 5. The van der Waals surface area contributed by atoms with Gasteiger partial charge in [-0.05, 0) is 67.4 Å². The minimum Gasteiger partial charge on any atom is -0.438 e. The molecular formula is C22H20N6O2. The molecule has 2 heterocycles. The van der Waals surface area contributed by atoms with Gasteiger partial charge in [0.25, 0.3) is 0 Å². The van der Waals surface area contributed by atoms with Crippen LogP contribution in [0.25, 0.3) is 5.82 Å². The summed E-state index contributed by atoms with van der Waals surface area (Å²) < 4.78 is 7.32. The van der Waals surface area contributed by atoms with Crippen LogP contribution in [0.1, 0.15) is 11.1 Å². The minimum atomic E-state index is -0.308. The smallest absolute Gasteiger partial charge is 0.323 e. The molecule has 150 valence electrons. The van der Waals surface area contributed by atoms with E-state index in [-0.39, 0.29) is 6.03 Å². The van der Waals surface area contributed by atoms with Crippen molar-refractivity contribution in [3.05, 3.63) is 84.2 Å². The molecule has 0 saturated carbocycles. The van der Waals surface area contributed by atoms with Gasteiger partial charge in [-0.2, -0.15) is 5.10 Å². The van der Waals surface area contributed by atoms with E-state index in [1.54, 1.807) is 53.5 Å². The summed E-state index contributed by atoms with van der Waals surface area (Å²) >= 11 is 0. The van der Waals surface area contributed by atoms with Crippen molar-refractivity contribution in [1.82, 2.24) is 20.0 Å². The average molecular weight is 400 g/mol. The van der Waals surface area contributed by atoms with Crippen LogP contribution in [0.2, 0.25) is 0 Å². The van der Waals surface area contributed by atoms with Gasteiger partial charge in [0.15, 0.2) is 5.82 Å². The molecule has 0 bridgehead atoms. The first kappa shape index (κ1) is 19.1. The quantitative estimate of drug-likeness (QED) is 0.506. The molecule has 2 N–H and O–H groups in total. The van der Waals surface area contributed by atoms with E-state index in [4.69, 9.17) is 4.74 Å². The zero-order chi connectivity index (χ0) is 20.9. The molecule has 0 spiro atoms. The molecule has 2 aromatic carbocycles. The summed E-state index contributed by atoms with van der Waals surface area (Å²) in [5, 5.41) is 17.9. The number of ether oxygens (including phenoxy) is 1. The van der Waals surface area contributed by atoms with Crippen LogP contribution in [0.5, 0.6) is 11.6 Å². The van der Waals surface area contributed by atoms with Crippen LogP contribution in [0, 0.1) is 13.8 Å². The Bertz CT molecular complexity index is 1140. The zero-order valence-electron chi connectivity index (χ0n) is 16.5. The number of nitrogens with one attached hydrogen (secondary N) is 2. The molecule has 8 nitrogen and oxygen atoms in total. The SMILES string of the molecule is Cc1cccc(NC(=O)Nc2ccc(Oc3ccc(-n4cccn4)nn3)cc2)c1C. The molecule has 4 aromatic rings. The first-order valence-electron chi connectivity index (χ1n) is 9.34. The van der Waals surface area contributed by atoms with Gasteiger partial charge in [-0.15, -0.1) is 10.2 Å². The van der Waals surface area contributed by atoms with Gasteiger partial charge >= 0.3 is 6.03 Å². The van der Waals surface area contributed by atoms with E-state index < -0.39 is 0 Å². The monoisotopic (exact) mass is 400 g/mol. The summed E-state index contributed by atoms with van der Waals surface area (Å²) in [6, 6.07) is 17.8. The highest BCUT2D eigenvalue weighted by molar-refractivity contribution is 6.00. The van der Waals surface area contributed by atoms with E-state index in [1.807, 2.05) is 38.1 Å². The Hall–Kier alpha value is -4.20.